The fourth-order valence-electron chi connectivity index (χ4n) is 2.62. The Morgan fingerprint density at radius 2 is 1.65 bits per heavy atom. The molecular weight excluding hydrogens is 398 g/mol. The number of amides is 3. The third-order valence-corrected chi connectivity index (χ3v) is 4.62. The molecule has 1 rings (SSSR count). The maximum absolute atomic E-state index is 12.7. The van der Waals surface area contributed by atoms with Gasteiger partial charge in [0.1, 0.15) is 0 Å². The summed E-state index contributed by atoms with van der Waals surface area (Å²) in [6.07, 6.45) is 0.527. The summed E-state index contributed by atoms with van der Waals surface area (Å²) < 4.78 is 0.905. The van der Waals surface area contributed by atoms with Crippen molar-refractivity contribution in [1.82, 2.24) is 5.32 Å². The van der Waals surface area contributed by atoms with Crippen LogP contribution in [0.15, 0.2) is 28.7 Å². The fourth-order valence-corrected chi connectivity index (χ4v) is 2.89. The zero-order valence-electron chi connectivity index (χ0n) is 15.7. The van der Waals surface area contributed by atoms with Gasteiger partial charge in [0.15, 0.2) is 5.78 Å². The van der Waals surface area contributed by atoms with E-state index in [4.69, 9.17) is 5.73 Å². The first-order chi connectivity index (χ1) is 12.1. The summed E-state index contributed by atoms with van der Waals surface area (Å²) in [5, 5.41) is 5.44. The second kappa shape index (κ2) is 10.3. The zero-order chi connectivity index (χ0) is 19.9. The standard InChI is InChI=1S/C19H28BrN3O3/c1-11(2)9-16(17(24)10-15(12(3)4)18(21)25)23-19(26)22-14-7-5-13(20)6-8-14/h5-8,11-12,15-16H,9-10H2,1-4H3,(H2,21,25)(H2,22,23,26)/t15-,16-/m0/s1. The van der Waals surface area contributed by atoms with Crippen LogP contribution >= 0.6 is 15.9 Å². The number of halogens is 1. The van der Waals surface area contributed by atoms with Crippen molar-refractivity contribution >= 4 is 39.3 Å². The molecule has 7 heteroatoms. The molecule has 6 nitrogen and oxygen atoms in total. The predicted octanol–water partition coefficient (Wildman–Crippen LogP) is 3.70. The smallest absolute Gasteiger partial charge is 0.319 e. The molecular formula is C19H28BrN3O3. The molecule has 0 saturated heterocycles. The Bertz CT molecular complexity index is 629. The number of ketones is 1. The molecule has 1 aromatic carbocycles. The highest BCUT2D eigenvalue weighted by Gasteiger charge is 2.28. The number of urea groups is 1. The van der Waals surface area contributed by atoms with Crippen molar-refractivity contribution in [2.45, 2.75) is 46.6 Å². The number of anilines is 1. The van der Waals surface area contributed by atoms with Gasteiger partial charge in [0.05, 0.1) is 6.04 Å². The molecule has 0 aromatic heterocycles. The molecule has 0 unspecified atom stereocenters. The zero-order valence-corrected chi connectivity index (χ0v) is 17.3. The van der Waals surface area contributed by atoms with E-state index in [1.807, 2.05) is 39.8 Å². The highest BCUT2D eigenvalue weighted by molar-refractivity contribution is 9.10. The molecule has 144 valence electrons. The monoisotopic (exact) mass is 425 g/mol. The number of carbonyl (C=O) groups excluding carboxylic acids is 3. The minimum absolute atomic E-state index is 0.0307. The maximum Gasteiger partial charge on any atom is 0.319 e. The number of primary amides is 1. The molecule has 4 N–H and O–H groups in total. The SMILES string of the molecule is CC(C)C[C@H](NC(=O)Nc1ccc(Br)cc1)C(=O)C[C@H](C(N)=O)C(C)C. The number of hydrogen-bond donors (Lipinski definition) is 3. The molecule has 0 bridgehead atoms. The topological polar surface area (TPSA) is 101 Å². The van der Waals surface area contributed by atoms with E-state index in [1.165, 1.54) is 0 Å². The van der Waals surface area contributed by atoms with Crippen molar-refractivity contribution in [3.8, 4) is 0 Å². The van der Waals surface area contributed by atoms with Gasteiger partial charge >= 0.3 is 6.03 Å². The van der Waals surface area contributed by atoms with Crippen LogP contribution in [0.3, 0.4) is 0 Å². The highest BCUT2D eigenvalue weighted by atomic mass is 79.9. The van der Waals surface area contributed by atoms with Gasteiger partial charge in [0.2, 0.25) is 5.91 Å². The van der Waals surface area contributed by atoms with Crippen molar-refractivity contribution < 1.29 is 14.4 Å². The van der Waals surface area contributed by atoms with Gasteiger partial charge in [-0.2, -0.15) is 0 Å². The van der Waals surface area contributed by atoms with Crippen molar-refractivity contribution in [2.75, 3.05) is 5.32 Å². The van der Waals surface area contributed by atoms with Gasteiger partial charge in [0.25, 0.3) is 0 Å². The molecule has 0 aliphatic heterocycles. The van der Waals surface area contributed by atoms with E-state index in [0.717, 1.165) is 4.47 Å². The first kappa shape index (κ1) is 22.2. The predicted molar refractivity (Wildman–Crippen MR) is 107 cm³/mol. The Labute approximate surface area is 163 Å². The number of nitrogens with two attached hydrogens (primary N) is 1. The third-order valence-electron chi connectivity index (χ3n) is 4.09. The summed E-state index contributed by atoms with van der Waals surface area (Å²) in [7, 11) is 0. The van der Waals surface area contributed by atoms with E-state index >= 15 is 0 Å². The van der Waals surface area contributed by atoms with Crippen LogP contribution in [0, 0.1) is 17.8 Å². The van der Waals surface area contributed by atoms with Crippen LogP contribution in [0.5, 0.6) is 0 Å². The van der Waals surface area contributed by atoms with Crippen LogP contribution in [-0.2, 0) is 9.59 Å². The minimum Gasteiger partial charge on any atom is -0.369 e. The van der Waals surface area contributed by atoms with E-state index in [2.05, 4.69) is 26.6 Å². The normalized spacial score (nSPS) is 13.3. The molecule has 0 spiro atoms. The second-order valence-electron chi connectivity index (χ2n) is 7.21. The summed E-state index contributed by atoms with van der Waals surface area (Å²) in [6, 6.07) is 6.02. The Hall–Kier alpha value is -1.89. The number of benzene rings is 1. The van der Waals surface area contributed by atoms with Gasteiger partial charge in [-0.15, -0.1) is 0 Å². The van der Waals surface area contributed by atoms with Gasteiger partial charge in [0, 0.05) is 22.5 Å². The highest BCUT2D eigenvalue weighted by Crippen LogP contribution is 2.19. The summed E-state index contributed by atoms with van der Waals surface area (Å²) >= 11 is 3.33. The van der Waals surface area contributed by atoms with E-state index in [0.29, 0.717) is 12.1 Å². The van der Waals surface area contributed by atoms with Crippen LogP contribution in [0.4, 0.5) is 10.5 Å². The lowest BCUT2D eigenvalue weighted by Crippen LogP contribution is -2.45. The Morgan fingerprint density at radius 1 is 1.08 bits per heavy atom. The number of carbonyl (C=O) groups is 3. The Morgan fingerprint density at radius 3 is 2.12 bits per heavy atom. The number of nitrogens with one attached hydrogen (secondary N) is 2. The van der Waals surface area contributed by atoms with E-state index in [-0.39, 0.29) is 24.0 Å². The van der Waals surface area contributed by atoms with Crippen LogP contribution in [0.25, 0.3) is 0 Å². The average Bonchev–Trinajstić information content (AvgIpc) is 2.52. The van der Waals surface area contributed by atoms with Gasteiger partial charge in [-0.1, -0.05) is 43.6 Å². The molecule has 0 heterocycles. The quantitative estimate of drug-likeness (QED) is 0.561. The maximum atomic E-state index is 12.7. The van der Waals surface area contributed by atoms with Gasteiger partial charge in [-0.25, -0.2) is 4.79 Å². The fraction of sp³-hybridized carbons (Fsp3) is 0.526. The first-order valence-electron chi connectivity index (χ1n) is 8.75. The van der Waals surface area contributed by atoms with E-state index in [9.17, 15) is 14.4 Å². The number of Topliss-reactive ketones (excluding diaryl/α,β-unsaturated/α-hetero) is 1. The molecule has 26 heavy (non-hydrogen) atoms. The third kappa shape index (κ3) is 7.56. The van der Waals surface area contributed by atoms with Gasteiger partial charge in [-0.3, -0.25) is 9.59 Å². The Kier molecular flexibility index (Phi) is 8.78. The molecule has 0 radical (unpaired) electrons. The van der Waals surface area contributed by atoms with Crippen molar-refractivity contribution in [3.05, 3.63) is 28.7 Å². The lowest BCUT2D eigenvalue weighted by molar-refractivity contribution is -0.129. The van der Waals surface area contributed by atoms with Crippen LogP contribution in [0.2, 0.25) is 0 Å². The van der Waals surface area contributed by atoms with Gasteiger partial charge < -0.3 is 16.4 Å². The van der Waals surface area contributed by atoms with Crippen LogP contribution < -0.4 is 16.4 Å². The lowest BCUT2D eigenvalue weighted by Gasteiger charge is -2.23. The number of rotatable bonds is 9. The summed E-state index contributed by atoms with van der Waals surface area (Å²) in [4.78, 5) is 36.5. The van der Waals surface area contributed by atoms with Crippen molar-refractivity contribution in [2.24, 2.45) is 23.5 Å². The Balaban J connectivity index is 2.78. The van der Waals surface area contributed by atoms with E-state index < -0.39 is 23.9 Å². The average molecular weight is 426 g/mol. The second-order valence-corrected chi connectivity index (χ2v) is 8.13. The largest absolute Gasteiger partial charge is 0.369 e. The molecule has 0 saturated carbocycles. The summed E-state index contributed by atoms with van der Waals surface area (Å²) in [5.41, 5.74) is 6.03. The van der Waals surface area contributed by atoms with Crippen LogP contribution in [-0.4, -0.2) is 23.8 Å². The minimum atomic E-state index is -0.661. The molecule has 2 atom stereocenters. The van der Waals surface area contributed by atoms with Crippen LogP contribution in [0.1, 0.15) is 40.5 Å². The molecule has 3 amide bonds. The summed E-state index contributed by atoms with van der Waals surface area (Å²) in [5.74, 6) is -1.03. The first-order valence-corrected chi connectivity index (χ1v) is 9.54. The summed E-state index contributed by atoms with van der Waals surface area (Å²) in [6.45, 7) is 7.66. The van der Waals surface area contributed by atoms with Crippen molar-refractivity contribution in [3.63, 3.8) is 0 Å². The molecule has 0 aliphatic carbocycles. The molecule has 1 aromatic rings. The van der Waals surface area contributed by atoms with Crippen molar-refractivity contribution in [1.29, 1.82) is 0 Å². The van der Waals surface area contributed by atoms with Gasteiger partial charge in [-0.05, 0) is 42.5 Å². The van der Waals surface area contributed by atoms with E-state index in [1.54, 1.807) is 12.1 Å². The number of hydrogen-bond acceptors (Lipinski definition) is 3. The molecule has 0 aliphatic rings. The molecule has 0 fully saturated rings. The lowest BCUT2D eigenvalue weighted by atomic mass is 9.87.